The quantitative estimate of drug-likeness (QED) is 0.792. The molecule has 0 saturated carbocycles. The summed E-state index contributed by atoms with van der Waals surface area (Å²) < 4.78 is 5.62. The fourth-order valence-electron chi connectivity index (χ4n) is 1.92. The van der Waals surface area contributed by atoms with Gasteiger partial charge in [-0.3, -0.25) is 0 Å². The van der Waals surface area contributed by atoms with Gasteiger partial charge >= 0.3 is 0 Å². The zero-order valence-electron chi connectivity index (χ0n) is 11.7. The lowest BCUT2D eigenvalue weighted by Crippen LogP contribution is -2.05. The standard InChI is InChI=1S/C17H20ClNO/c1-2-12-20-17-5-3-4-16(13-17)19-11-10-14-6-8-15(18)9-7-14/h3-9,13,19H,2,10-12H2,1H3. The van der Waals surface area contributed by atoms with Crippen molar-refractivity contribution in [2.24, 2.45) is 0 Å². The van der Waals surface area contributed by atoms with Crippen molar-refractivity contribution in [2.45, 2.75) is 19.8 Å². The molecule has 0 aromatic heterocycles. The van der Waals surface area contributed by atoms with Crippen LogP contribution in [-0.2, 0) is 6.42 Å². The first kappa shape index (κ1) is 14.7. The Balaban J connectivity index is 1.82. The fraction of sp³-hybridized carbons (Fsp3) is 0.294. The lowest BCUT2D eigenvalue weighted by Gasteiger charge is -2.09. The molecule has 0 amide bonds. The van der Waals surface area contributed by atoms with Crippen LogP contribution in [0.3, 0.4) is 0 Å². The van der Waals surface area contributed by atoms with E-state index in [1.807, 2.05) is 30.3 Å². The van der Waals surface area contributed by atoms with E-state index < -0.39 is 0 Å². The highest BCUT2D eigenvalue weighted by molar-refractivity contribution is 6.30. The Kier molecular flexibility index (Phi) is 5.75. The molecule has 0 heterocycles. The van der Waals surface area contributed by atoms with Gasteiger partial charge in [0.05, 0.1) is 6.61 Å². The van der Waals surface area contributed by atoms with Gasteiger partial charge in [-0.15, -0.1) is 0 Å². The summed E-state index contributed by atoms with van der Waals surface area (Å²) in [4.78, 5) is 0. The number of hydrogen-bond donors (Lipinski definition) is 1. The predicted molar refractivity (Wildman–Crippen MR) is 85.9 cm³/mol. The molecule has 0 fully saturated rings. The molecule has 2 aromatic rings. The van der Waals surface area contributed by atoms with E-state index in [0.717, 1.165) is 42.5 Å². The van der Waals surface area contributed by atoms with Gasteiger partial charge in [-0.2, -0.15) is 0 Å². The third-order valence-electron chi connectivity index (χ3n) is 2.96. The lowest BCUT2D eigenvalue weighted by molar-refractivity contribution is 0.317. The molecule has 0 aliphatic carbocycles. The Morgan fingerprint density at radius 2 is 1.90 bits per heavy atom. The molecule has 0 radical (unpaired) electrons. The highest BCUT2D eigenvalue weighted by atomic mass is 35.5. The van der Waals surface area contributed by atoms with Gasteiger partial charge in [-0.25, -0.2) is 0 Å². The van der Waals surface area contributed by atoms with E-state index in [9.17, 15) is 0 Å². The van der Waals surface area contributed by atoms with Crippen molar-refractivity contribution in [1.82, 2.24) is 0 Å². The van der Waals surface area contributed by atoms with Gasteiger partial charge in [-0.05, 0) is 42.7 Å². The second-order valence-electron chi connectivity index (χ2n) is 4.68. The number of hydrogen-bond acceptors (Lipinski definition) is 2. The summed E-state index contributed by atoms with van der Waals surface area (Å²) in [5.41, 5.74) is 2.37. The third kappa shape index (κ3) is 4.78. The SMILES string of the molecule is CCCOc1cccc(NCCc2ccc(Cl)cc2)c1. The van der Waals surface area contributed by atoms with Crippen molar-refractivity contribution in [3.05, 3.63) is 59.1 Å². The molecule has 0 aliphatic rings. The van der Waals surface area contributed by atoms with E-state index in [1.54, 1.807) is 0 Å². The molecule has 1 N–H and O–H groups in total. The van der Waals surface area contributed by atoms with E-state index in [2.05, 4.69) is 30.4 Å². The van der Waals surface area contributed by atoms with E-state index in [4.69, 9.17) is 16.3 Å². The molecular weight excluding hydrogens is 270 g/mol. The largest absolute Gasteiger partial charge is 0.494 e. The predicted octanol–water partition coefficient (Wildman–Crippen LogP) is 4.78. The van der Waals surface area contributed by atoms with Gasteiger partial charge < -0.3 is 10.1 Å². The molecule has 2 rings (SSSR count). The molecule has 2 aromatic carbocycles. The summed E-state index contributed by atoms with van der Waals surface area (Å²) in [7, 11) is 0. The highest BCUT2D eigenvalue weighted by Crippen LogP contribution is 2.17. The molecular formula is C17H20ClNO. The Labute approximate surface area is 125 Å². The van der Waals surface area contributed by atoms with Crippen molar-refractivity contribution in [1.29, 1.82) is 0 Å². The van der Waals surface area contributed by atoms with Crippen LogP contribution in [-0.4, -0.2) is 13.2 Å². The molecule has 106 valence electrons. The number of anilines is 1. The summed E-state index contributed by atoms with van der Waals surface area (Å²) >= 11 is 5.87. The Morgan fingerprint density at radius 1 is 1.10 bits per heavy atom. The minimum Gasteiger partial charge on any atom is -0.494 e. The summed E-state index contributed by atoms with van der Waals surface area (Å²) in [5.74, 6) is 0.920. The minimum absolute atomic E-state index is 0.758. The topological polar surface area (TPSA) is 21.3 Å². The highest BCUT2D eigenvalue weighted by Gasteiger charge is 1.97. The molecule has 0 unspecified atom stereocenters. The van der Waals surface area contributed by atoms with Crippen LogP contribution in [0.1, 0.15) is 18.9 Å². The zero-order valence-corrected chi connectivity index (χ0v) is 12.5. The average Bonchev–Trinajstić information content (AvgIpc) is 2.48. The van der Waals surface area contributed by atoms with Crippen molar-refractivity contribution in [3.8, 4) is 5.75 Å². The minimum atomic E-state index is 0.758. The van der Waals surface area contributed by atoms with Crippen LogP contribution in [0.15, 0.2) is 48.5 Å². The van der Waals surface area contributed by atoms with Crippen molar-refractivity contribution in [3.63, 3.8) is 0 Å². The van der Waals surface area contributed by atoms with Crippen LogP contribution >= 0.6 is 11.6 Å². The van der Waals surface area contributed by atoms with Gasteiger partial charge in [0.15, 0.2) is 0 Å². The zero-order chi connectivity index (χ0) is 14.2. The molecule has 3 heteroatoms. The number of rotatable bonds is 7. The van der Waals surface area contributed by atoms with E-state index >= 15 is 0 Å². The summed E-state index contributed by atoms with van der Waals surface area (Å²) in [6.07, 6.45) is 1.99. The molecule has 20 heavy (non-hydrogen) atoms. The third-order valence-corrected chi connectivity index (χ3v) is 3.21. The molecule has 0 bridgehead atoms. The van der Waals surface area contributed by atoms with E-state index in [-0.39, 0.29) is 0 Å². The van der Waals surface area contributed by atoms with E-state index in [1.165, 1.54) is 5.56 Å². The number of ether oxygens (including phenoxy) is 1. The van der Waals surface area contributed by atoms with Crippen LogP contribution in [0.5, 0.6) is 5.75 Å². The van der Waals surface area contributed by atoms with Crippen molar-refractivity contribution >= 4 is 17.3 Å². The maximum absolute atomic E-state index is 5.87. The number of nitrogens with one attached hydrogen (secondary N) is 1. The first-order valence-corrected chi connectivity index (χ1v) is 7.37. The van der Waals surface area contributed by atoms with Gasteiger partial charge in [0.25, 0.3) is 0 Å². The summed E-state index contributed by atoms with van der Waals surface area (Å²) in [6, 6.07) is 16.1. The van der Waals surface area contributed by atoms with Crippen LogP contribution in [0.4, 0.5) is 5.69 Å². The second kappa shape index (κ2) is 7.81. The van der Waals surface area contributed by atoms with Gasteiger partial charge in [-0.1, -0.05) is 36.7 Å². The smallest absolute Gasteiger partial charge is 0.121 e. The molecule has 0 spiro atoms. The Hall–Kier alpha value is -1.67. The summed E-state index contributed by atoms with van der Waals surface area (Å²) in [5, 5.41) is 4.19. The van der Waals surface area contributed by atoms with Crippen LogP contribution in [0, 0.1) is 0 Å². The maximum atomic E-state index is 5.87. The molecule has 0 saturated heterocycles. The normalized spacial score (nSPS) is 10.3. The monoisotopic (exact) mass is 289 g/mol. The maximum Gasteiger partial charge on any atom is 0.121 e. The summed E-state index contributed by atoms with van der Waals surface area (Å²) in [6.45, 7) is 3.75. The lowest BCUT2D eigenvalue weighted by atomic mass is 10.1. The first-order chi connectivity index (χ1) is 9.78. The van der Waals surface area contributed by atoms with Crippen LogP contribution in [0.2, 0.25) is 5.02 Å². The Bertz CT molecular complexity index is 525. The number of benzene rings is 2. The van der Waals surface area contributed by atoms with Crippen LogP contribution in [0.25, 0.3) is 0 Å². The number of halogens is 1. The van der Waals surface area contributed by atoms with Gasteiger partial charge in [0, 0.05) is 23.3 Å². The Morgan fingerprint density at radius 3 is 2.65 bits per heavy atom. The molecule has 2 nitrogen and oxygen atoms in total. The molecule has 0 atom stereocenters. The average molecular weight is 290 g/mol. The van der Waals surface area contributed by atoms with Gasteiger partial charge in [0.2, 0.25) is 0 Å². The van der Waals surface area contributed by atoms with E-state index in [0.29, 0.717) is 0 Å². The van der Waals surface area contributed by atoms with Gasteiger partial charge in [0.1, 0.15) is 5.75 Å². The molecule has 0 aliphatic heterocycles. The van der Waals surface area contributed by atoms with Crippen molar-refractivity contribution < 1.29 is 4.74 Å². The van der Waals surface area contributed by atoms with Crippen molar-refractivity contribution in [2.75, 3.05) is 18.5 Å². The first-order valence-electron chi connectivity index (χ1n) is 6.99. The second-order valence-corrected chi connectivity index (χ2v) is 5.12. The fourth-order valence-corrected chi connectivity index (χ4v) is 2.04. The van der Waals surface area contributed by atoms with Crippen LogP contribution < -0.4 is 10.1 Å².